The third-order valence-corrected chi connectivity index (χ3v) is 4.40. The van der Waals surface area contributed by atoms with Crippen LogP contribution in [0.1, 0.15) is 0 Å². The lowest BCUT2D eigenvalue weighted by molar-refractivity contribution is 0.634. The van der Waals surface area contributed by atoms with E-state index >= 15 is 0 Å². The summed E-state index contributed by atoms with van der Waals surface area (Å²) >= 11 is 6.02. The highest BCUT2D eigenvalue weighted by molar-refractivity contribution is 6.30. The van der Waals surface area contributed by atoms with Crippen molar-refractivity contribution in [1.29, 1.82) is 0 Å². The Morgan fingerprint density at radius 1 is 0.846 bits per heavy atom. The van der Waals surface area contributed by atoms with Crippen molar-refractivity contribution >= 4 is 35.0 Å². The first-order chi connectivity index (χ1) is 12.8. The van der Waals surface area contributed by atoms with E-state index in [1.54, 1.807) is 18.6 Å². The predicted molar refractivity (Wildman–Crippen MR) is 103 cm³/mol. The number of anilines is 4. The number of nitrogens with zero attached hydrogens (tertiary/aromatic N) is 6. The minimum atomic E-state index is 0.554. The highest BCUT2D eigenvalue weighted by atomic mass is 35.5. The van der Waals surface area contributed by atoms with Crippen LogP contribution in [0.25, 0.3) is 0 Å². The topological polar surface area (TPSA) is 70.1 Å². The van der Waals surface area contributed by atoms with Gasteiger partial charge in [0.2, 0.25) is 11.9 Å². The summed E-state index contributed by atoms with van der Waals surface area (Å²) in [5, 5.41) is 3.87. The lowest BCUT2D eigenvalue weighted by Gasteiger charge is -2.35. The number of hydrogen-bond donors (Lipinski definition) is 1. The Labute approximate surface area is 156 Å². The Morgan fingerprint density at radius 2 is 1.62 bits per heavy atom. The molecule has 0 amide bonds. The summed E-state index contributed by atoms with van der Waals surface area (Å²) in [5.41, 5.74) is 0.862. The second-order valence-electron chi connectivity index (χ2n) is 5.90. The largest absolute Gasteiger partial charge is 0.353 e. The Kier molecular flexibility index (Phi) is 4.79. The molecular formula is C18H18ClN7. The lowest BCUT2D eigenvalue weighted by atomic mass is 10.3. The zero-order valence-electron chi connectivity index (χ0n) is 14.1. The van der Waals surface area contributed by atoms with Gasteiger partial charge in [0.05, 0.1) is 0 Å². The van der Waals surface area contributed by atoms with Crippen LogP contribution >= 0.6 is 11.6 Å². The van der Waals surface area contributed by atoms with E-state index in [0.717, 1.165) is 43.6 Å². The highest BCUT2D eigenvalue weighted by Gasteiger charge is 2.20. The quantitative estimate of drug-likeness (QED) is 0.760. The van der Waals surface area contributed by atoms with E-state index in [2.05, 4.69) is 35.1 Å². The molecule has 0 spiro atoms. The molecule has 0 saturated carbocycles. The van der Waals surface area contributed by atoms with Gasteiger partial charge in [0.25, 0.3) is 0 Å². The molecule has 1 N–H and O–H groups in total. The molecule has 1 fully saturated rings. The summed E-state index contributed by atoms with van der Waals surface area (Å²) in [5.74, 6) is 2.23. The summed E-state index contributed by atoms with van der Waals surface area (Å²) in [4.78, 5) is 22.0. The predicted octanol–water partition coefficient (Wildman–Crippen LogP) is 2.99. The molecule has 1 saturated heterocycles. The molecule has 2 aromatic heterocycles. The smallest absolute Gasteiger partial charge is 0.229 e. The molecule has 0 radical (unpaired) electrons. The number of hydrogen-bond acceptors (Lipinski definition) is 7. The monoisotopic (exact) mass is 367 g/mol. The van der Waals surface area contributed by atoms with Crippen molar-refractivity contribution in [2.75, 3.05) is 41.3 Å². The maximum atomic E-state index is 6.02. The van der Waals surface area contributed by atoms with Gasteiger partial charge >= 0.3 is 0 Å². The van der Waals surface area contributed by atoms with Crippen molar-refractivity contribution in [1.82, 2.24) is 19.9 Å². The molecule has 0 aliphatic carbocycles. The minimum Gasteiger partial charge on any atom is -0.353 e. The van der Waals surface area contributed by atoms with E-state index in [0.29, 0.717) is 11.0 Å². The summed E-state index contributed by atoms with van der Waals surface area (Å²) < 4.78 is 0. The fourth-order valence-electron chi connectivity index (χ4n) is 2.87. The molecule has 0 unspecified atom stereocenters. The van der Waals surface area contributed by atoms with Crippen molar-refractivity contribution < 1.29 is 0 Å². The van der Waals surface area contributed by atoms with Crippen molar-refractivity contribution in [2.45, 2.75) is 0 Å². The molecule has 7 nitrogen and oxygen atoms in total. The number of nitrogens with one attached hydrogen (secondary N) is 1. The van der Waals surface area contributed by atoms with E-state index in [9.17, 15) is 0 Å². The molecule has 1 aromatic carbocycles. The van der Waals surface area contributed by atoms with Crippen LogP contribution in [-0.4, -0.2) is 46.1 Å². The van der Waals surface area contributed by atoms with Crippen LogP contribution < -0.4 is 15.1 Å². The molecule has 3 aromatic rings. The maximum Gasteiger partial charge on any atom is 0.229 e. The summed E-state index contributed by atoms with van der Waals surface area (Å²) in [6, 6.07) is 11.3. The van der Waals surface area contributed by atoms with E-state index < -0.39 is 0 Å². The van der Waals surface area contributed by atoms with Gasteiger partial charge in [-0.25, -0.2) is 15.0 Å². The molecule has 4 rings (SSSR count). The van der Waals surface area contributed by atoms with Gasteiger partial charge in [-0.1, -0.05) is 17.7 Å². The molecule has 26 heavy (non-hydrogen) atoms. The van der Waals surface area contributed by atoms with Crippen LogP contribution in [0.4, 0.5) is 23.4 Å². The molecule has 1 aliphatic heterocycles. The fraction of sp³-hybridized carbons (Fsp3) is 0.222. The van der Waals surface area contributed by atoms with E-state index in [-0.39, 0.29) is 0 Å². The van der Waals surface area contributed by atoms with Gasteiger partial charge in [0.1, 0.15) is 5.82 Å². The second-order valence-corrected chi connectivity index (χ2v) is 6.33. The first-order valence-electron chi connectivity index (χ1n) is 8.40. The van der Waals surface area contributed by atoms with Gasteiger partial charge in [-0.2, -0.15) is 4.98 Å². The maximum absolute atomic E-state index is 6.02. The molecule has 8 heteroatoms. The van der Waals surface area contributed by atoms with Crippen LogP contribution in [0.5, 0.6) is 0 Å². The third-order valence-electron chi connectivity index (χ3n) is 4.16. The minimum absolute atomic E-state index is 0.554. The van der Waals surface area contributed by atoms with E-state index in [1.807, 2.05) is 36.4 Å². The Hall–Kier alpha value is -2.93. The summed E-state index contributed by atoms with van der Waals surface area (Å²) in [6.07, 6.45) is 5.31. The van der Waals surface area contributed by atoms with Crippen LogP contribution in [0.15, 0.2) is 55.0 Å². The average molecular weight is 368 g/mol. The fourth-order valence-corrected chi connectivity index (χ4v) is 3.06. The van der Waals surface area contributed by atoms with Gasteiger partial charge in [-0.15, -0.1) is 0 Å². The SMILES string of the molecule is Clc1cccc(Nc2nccc(N3CCN(c4ncccn4)CC3)n2)c1. The zero-order chi connectivity index (χ0) is 17.8. The first-order valence-corrected chi connectivity index (χ1v) is 8.78. The molecule has 1 aliphatic rings. The zero-order valence-corrected chi connectivity index (χ0v) is 14.8. The van der Waals surface area contributed by atoms with Gasteiger partial charge in [-0.3, -0.25) is 0 Å². The standard InChI is InChI=1S/C18H18ClN7/c19-14-3-1-4-15(13-14)23-17-20-8-5-16(24-17)25-9-11-26(12-10-25)18-21-6-2-7-22-18/h1-8,13H,9-12H2,(H,20,23,24). The number of piperazine rings is 1. The normalized spacial score (nSPS) is 14.3. The molecule has 0 bridgehead atoms. The van der Waals surface area contributed by atoms with Gasteiger partial charge in [0.15, 0.2) is 0 Å². The summed E-state index contributed by atoms with van der Waals surface area (Å²) in [6.45, 7) is 3.41. The van der Waals surface area contributed by atoms with Crippen LogP contribution in [0, 0.1) is 0 Å². The number of halogens is 1. The van der Waals surface area contributed by atoms with Crippen LogP contribution in [0.2, 0.25) is 5.02 Å². The average Bonchev–Trinajstić information content (AvgIpc) is 2.69. The van der Waals surface area contributed by atoms with Crippen molar-refractivity contribution in [2.24, 2.45) is 0 Å². The Morgan fingerprint density at radius 3 is 2.38 bits per heavy atom. The van der Waals surface area contributed by atoms with Gasteiger partial charge < -0.3 is 15.1 Å². The van der Waals surface area contributed by atoms with Crippen molar-refractivity contribution in [3.63, 3.8) is 0 Å². The van der Waals surface area contributed by atoms with E-state index in [1.165, 1.54) is 0 Å². The third kappa shape index (κ3) is 3.83. The molecule has 132 valence electrons. The van der Waals surface area contributed by atoms with Crippen LogP contribution in [0.3, 0.4) is 0 Å². The highest BCUT2D eigenvalue weighted by Crippen LogP contribution is 2.20. The first kappa shape index (κ1) is 16.5. The molecular weight excluding hydrogens is 350 g/mol. The lowest BCUT2D eigenvalue weighted by Crippen LogP contribution is -2.47. The van der Waals surface area contributed by atoms with Gasteiger partial charge in [0, 0.05) is 55.5 Å². The van der Waals surface area contributed by atoms with Gasteiger partial charge in [-0.05, 0) is 30.3 Å². The molecule has 3 heterocycles. The summed E-state index contributed by atoms with van der Waals surface area (Å²) in [7, 11) is 0. The van der Waals surface area contributed by atoms with Crippen molar-refractivity contribution in [3.05, 3.63) is 60.0 Å². The Balaban J connectivity index is 1.43. The van der Waals surface area contributed by atoms with Crippen LogP contribution in [-0.2, 0) is 0 Å². The number of rotatable bonds is 4. The Bertz CT molecular complexity index is 866. The number of benzene rings is 1. The molecule has 0 atom stereocenters. The van der Waals surface area contributed by atoms with E-state index in [4.69, 9.17) is 11.6 Å². The van der Waals surface area contributed by atoms with Crippen molar-refractivity contribution in [3.8, 4) is 0 Å². The second kappa shape index (κ2) is 7.53. The number of aromatic nitrogens is 4.